The molecule has 0 saturated carbocycles. The molecular weight excluding hydrogens is 276 g/mol. The van der Waals surface area contributed by atoms with E-state index in [9.17, 15) is 4.79 Å². The summed E-state index contributed by atoms with van der Waals surface area (Å²) in [5.41, 5.74) is 0.995. The summed E-state index contributed by atoms with van der Waals surface area (Å²) in [6.45, 7) is 6.99. The number of benzene rings is 1. The van der Waals surface area contributed by atoms with Gasteiger partial charge >= 0.3 is 0 Å². The molecule has 0 spiro atoms. The first-order valence-electron chi connectivity index (χ1n) is 8.36. The van der Waals surface area contributed by atoms with E-state index in [-0.39, 0.29) is 12.0 Å². The standard InChI is InChI=1S/C18H28N2O2/c1-14(2)22-17-7-3-5-16(11-17)12-18(21)20-10-8-15-6-4-9-19-13-15/h3,5,7,11,14-15,19H,4,6,8-10,12-13H2,1-2H3,(H,20,21). The summed E-state index contributed by atoms with van der Waals surface area (Å²) in [6.07, 6.45) is 4.15. The maximum Gasteiger partial charge on any atom is 0.224 e. The molecule has 1 amide bonds. The normalized spacial score (nSPS) is 18.2. The predicted octanol–water partition coefficient (Wildman–Crippen LogP) is 2.52. The highest BCUT2D eigenvalue weighted by molar-refractivity contribution is 5.78. The molecule has 1 atom stereocenters. The van der Waals surface area contributed by atoms with Crippen molar-refractivity contribution in [2.24, 2.45) is 5.92 Å². The van der Waals surface area contributed by atoms with Gasteiger partial charge < -0.3 is 15.4 Å². The highest BCUT2D eigenvalue weighted by atomic mass is 16.5. The van der Waals surface area contributed by atoms with Gasteiger partial charge in [0.1, 0.15) is 5.75 Å². The first kappa shape index (κ1) is 16.8. The van der Waals surface area contributed by atoms with Crippen LogP contribution in [0.2, 0.25) is 0 Å². The third-order valence-corrected chi connectivity index (χ3v) is 3.91. The molecule has 22 heavy (non-hydrogen) atoms. The van der Waals surface area contributed by atoms with E-state index in [2.05, 4.69) is 10.6 Å². The first-order chi connectivity index (χ1) is 10.6. The van der Waals surface area contributed by atoms with Crippen LogP contribution in [0.3, 0.4) is 0 Å². The number of carbonyl (C=O) groups is 1. The van der Waals surface area contributed by atoms with Crippen LogP contribution < -0.4 is 15.4 Å². The average molecular weight is 304 g/mol. The lowest BCUT2D eigenvalue weighted by Gasteiger charge is -2.22. The number of hydrogen-bond donors (Lipinski definition) is 2. The van der Waals surface area contributed by atoms with Crippen LogP contribution in [0.15, 0.2) is 24.3 Å². The quantitative estimate of drug-likeness (QED) is 0.814. The van der Waals surface area contributed by atoms with Gasteiger partial charge in [-0.05, 0) is 69.8 Å². The van der Waals surface area contributed by atoms with Gasteiger partial charge in [0.05, 0.1) is 12.5 Å². The number of rotatable bonds is 7. The number of carbonyl (C=O) groups excluding carboxylic acids is 1. The minimum atomic E-state index is 0.0884. The first-order valence-corrected chi connectivity index (χ1v) is 8.36. The zero-order valence-corrected chi connectivity index (χ0v) is 13.7. The van der Waals surface area contributed by atoms with Crippen molar-refractivity contribution in [1.82, 2.24) is 10.6 Å². The van der Waals surface area contributed by atoms with Gasteiger partial charge in [-0.3, -0.25) is 4.79 Å². The molecule has 1 aromatic carbocycles. The highest BCUT2D eigenvalue weighted by Gasteiger charge is 2.13. The summed E-state index contributed by atoms with van der Waals surface area (Å²) in [7, 11) is 0. The molecule has 2 N–H and O–H groups in total. The van der Waals surface area contributed by atoms with Gasteiger partial charge in [0.15, 0.2) is 0 Å². The smallest absolute Gasteiger partial charge is 0.224 e. The van der Waals surface area contributed by atoms with Crippen molar-refractivity contribution in [2.45, 2.75) is 45.6 Å². The Labute approximate surface area is 133 Å². The Balaban J connectivity index is 1.72. The van der Waals surface area contributed by atoms with Gasteiger partial charge in [0, 0.05) is 6.54 Å². The summed E-state index contributed by atoms with van der Waals surface area (Å²) in [5.74, 6) is 1.62. The maximum atomic E-state index is 12.0. The predicted molar refractivity (Wildman–Crippen MR) is 89.1 cm³/mol. The molecule has 0 radical (unpaired) electrons. The maximum absolute atomic E-state index is 12.0. The van der Waals surface area contributed by atoms with E-state index in [0.717, 1.165) is 37.4 Å². The van der Waals surface area contributed by atoms with Crippen LogP contribution in [-0.2, 0) is 11.2 Å². The van der Waals surface area contributed by atoms with Crippen LogP contribution in [0.5, 0.6) is 5.75 Å². The van der Waals surface area contributed by atoms with Crippen LogP contribution in [-0.4, -0.2) is 31.6 Å². The van der Waals surface area contributed by atoms with Crippen LogP contribution in [0.1, 0.15) is 38.7 Å². The van der Waals surface area contributed by atoms with Crippen LogP contribution in [0.25, 0.3) is 0 Å². The number of hydrogen-bond acceptors (Lipinski definition) is 3. The SMILES string of the molecule is CC(C)Oc1cccc(CC(=O)NCCC2CCCNC2)c1. The second-order valence-corrected chi connectivity index (χ2v) is 6.34. The van der Waals surface area contributed by atoms with Crippen molar-refractivity contribution in [3.05, 3.63) is 29.8 Å². The van der Waals surface area contributed by atoms with Gasteiger partial charge in [-0.2, -0.15) is 0 Å². The van der Waals surface area contributed by atoms with E-state index in [1.165, 1.54) is 12.8 Å². The molecule has 122 valence electrons. The number of ether oxygens (including phenoxy) is 1. The zero-order chi connectivity index (χ0) is 15.8. The van der Waals surface area contributed by atoms with E-state index < -0.39 is 0 Å². The minimum absolute atomic E-state index is 0.0884. The molecule has 0 aliphatic carbocycles. The zero-order valence-electron chi connectivity index (χ0n) is 13.7. The van der Waals surface area contributed by atoms with Gasteiger partial charge in [-0.1, -0.05) is 12.1 Å². The fourth-order valence-electron chi connectivity index (χ4n) is 2.83. The summed E-state index contributed by atoms with van der Waals surface area (Å²) >= 11 is 0. The molecule has 0 bridgehead atoms. The summed E-state index contributed by atoms with van der Waals surface area (Å²) in [5, 5.41) is 6.44. The molecule has 4 nitrogen and oxygen atoms in total. The van der Waals surface area contributed by atoms with Crippen LogP contribution in [0.4, 0.5) is 0 Å². The number of amides is 1. The average Bonchev–Trinajstić information content (AvgIpc) is 2.48. The molecule has 1 heterocycles. The van der Waals surface area contributed by atoms with Crippen molar-refractivity contribution in [2.75, 3.05) is 19.6 Å². The molecule has 4 heteroatoms. The highest BCUT2D eigenvalue weighted by Crippen LogP contribution is 2.16. The Morgan fingerprint density at radius 2 is 2.32 bits per heavy atom. The Hall–Kier alpha value is -1.55. The second-order valence-electron chi connectivity index (χ2n) is 6.34. The third kappa shape index (κ3) is 6.06. The van der Waals surface area contributed by atoms with Crippen molar-refractivity contribution >= 4 is 5.91 Å². The van der Waals surface area contributed by atoms with Crippen molar-refractivity contribution in [1.29, 1.82) is 0 Å². The van der Waals surface area contributed by atoms with Crippen LogP contribution >= 0.6 is 0 Å². The lowest BCUT2D eigenvalue weighted by atomic mass is 9.96. The lowest BCUT2D eigenvalue weighted by molar-refractivity contribution is -0.120. The second kappa shape index (κ2) is 8.79. The van der Waals surface area contributed by atoms with Gasteiger partial charge in [-0.25, -0.2) is 0 Å². The van der Waals surface area contributed by atoms with E-state index in [1.54, 1.807) is 0 Å². The largest absolute Gasteiger partial charge is 0.491 e. The molecule has 1 aromatic rings. The van der Waals surface area contributed by atoms with Gasteiger partial charge in [0.2, 0.25) is 5.91 Å². The van der Waals surface area contributed by atoms with Crippen molar-refractivity contribution < 1.29 is 9.53 Å². The van der Waals surface area contributed by atoms with Crippen molar-refractivity contribution in [3.63, 3.8) is 0 Å². The van der Waals surface area contributed by atoms with Gasteiger partial charge in [-0.15, -0.1) is 0 Å². The van der Waals surface area contributed by atoms with E-state index in [0.29, 0.717) is 12.3 Å². The molecule has 1 aliphatic rings. The number of nitrogens with one attached hydrogen (secondary N) is 2. The van der Waals surface area contributed by atoms with E-state index >= 15 is 0 Å². The summed E-state index contributed by atoms with van der Waals surface area (Å²) in [4.78, 5) is 12.0. The third-order valence-electron chi connectivity index (χ3n) is 3.91. The Kier molecular flexibility index (Phi) is 6.72. The molecule has 1 aliphatic heterocycles. The molecule has 1 fully saturated rings. The van der Waals surface area contributed by atoms with Crippen molar-refractivity contribution in [3.8, 4) is 5.75 Å². The molecule has 1 unspecified atom stereocenters. The Morgan fingerprint density at radius 3 is 3.05 bits per heavy atom. The minimum Gasteiger partial charge on any atom is -0.491 e. The van der Waals surface area contributed by atoms with E-state index in [1.807, 2.05) is 38.1 Å². The summed E-state index contributed by atoms with van der Waals surface area (Å²) < 4.78 is 5.66. The summed E-state index contributed by atoms with van der Waals surface area (Å²) in [6, 6.07) is 7.79. The fraction of sp³-hybridized carbons (Fsp3) is 0.611. The fourth-order valence-corrected chi connectivity index (χ4v) is 2.83. The topological polar surface area (TPSA) is 50.4 Å². The molecular formula is C18H28N2O2. The van der Waals surface area contributed by atoms with E-state index in [4.69, 9.17) is 4.74 Å². The van der Waals surface area contributed by atoms with Crippen LogP contribution in [0, 0.1) is 5.92 Å². The Morgan fingerprint density at radius 1 is 1.45 bits per heavy atom. The lowest BCUT2D eigenvalue weighted by Crippen LogP contribution is -2.33. The molecule has 1 saturated heterocycles. The number of piperidine rings is 1. The van der Waals surface area contributed by atoms with Gasteiger partial charge in [0.25, 0.3) is 0 Å². The monoisotopic (exact) mass is 304 g/mol. The Bertz CT molecular complexity index is 468. The molecule has 2 rings (SSSR count). The molecule has 0 aromatic heterocycles.